The van der Waals surface area contributed by atoms with Crippen LogP contribution in [0, 0.1) is 0 Å². The molecular formula is C12H19O2P. The molecule has 1 atom stereocenters. The Morgan fingerprint density at radius 1 is 1.13 bits per heavy atom. The first-order chi connectivity index (χ1) is 7.34. The first kappa shape index (κ1) is 12.6. The van der Waals surface area contributed by atoms with E-state index in [9.17, 15) is 4.89 Å². The number of hydrogen-bond acceptors (Lipinski definition) is 2. The van der Waals surface area contributed by atoms with Gasteiger partial charge >= 0.3 is 0 Å². The van der Waals surface area contributed by atoms with Crippen LogP contribution >= 0.6 is 8.38 Å². The van der Waals surface area contributed by atoms with E-state index in [1.165, 1.54) is 19.3 Å². The minimum absolute atomic E-state index is 0.664. The lowest BCUT2D eigenvalue weighted by Crippen LogP contribution is -2.02. The maximum atomic E-state index is 9.72. The molecule has 0 saturated carbocycles. The van der Waals surface area contributed by atoms with Crippen LogP contribution in [-0.4, -0.2) is 11.5 Å². The normalized spacial score (nSPS) is 12.7. The lowest BCUT2D eigenvalue weighted by Gasteiger charge is -2.10. The van der Waals surface area contributed by atoms with Crippen molar-refractivity contribution in [3.63, 3.8) is 0 Å². The zero-order valence-electron chi connectivity index (χ0n) is 9.22. The highest BCUT2D eigenvalue weighted by molar-refractivity contribution is 7.55. The van der Waals surface area contributed by atoms with Crippen molar-refractivity contribution < 1.29 is 9.42 Å². The first-order valence-corrected chi connectivity index (χ1v) is 6.73. The monoisotopic (exact) mass is 226 g/mol. The summed E-state index contributed by atoms with van der Waals surface area (Å²) in [7, 11) is -1.40. The number of hydrogen-bond donors (Lipinski definition) is 1. The summed E-state index contributed by atoms with van der Waals surface area (Å²) in [5, 5.41) is 0.892. The second kappa shape index (κ2) is 7.81. The van der Waals surface area contributed by atoms with Crippen molar-refractivity contribution in [2.45, 2.75) is 32.6 Å². The van der Waals surface area contributed by atoms with E-state index in [0.29, 0.717) is 6.61 Å². The smallest absolute Gasteiger partial charge is 0.202 e. The van der Waals surface area contributed by atoms with Crippen LogP contribution in [0.15, 0.2) is 30.3 Å². The van der Waals surface area contributed by atoms with Crippen molar-refractivity contribution in [1.29, 1.82) is 0 Å². The Balaban J connectivity index is 2.16. The van der Waals surface area contributed by atoms with E-state index in [2.05, 4.69) is 6.92 Å². The average molecular weight is 226 g/mol. The van der Waals surface area contributed by atoms with Gasteiger partial charge in [-0.25, -0.2) is 0 Å². The van der Waals surface area contributed by atoms with Crippen molar-refractivity contribution in [1.82, 2.24) is 0 Å². The van der Waals surface area contributed by atoms with Crippen LogP contribution in [0.2, 0.25) is 0 Å². The van der Waals surface area contributed by atoms with Crippen molar-refractivity contribution in [2.75, 3.05) is 6.61 Å². The van der Waals surface area contributed by atoms with E-state index < -0.39 is 8.38 Å². The van der Waals surface area contributed by atoms with Crippen LogP contribution in [0.4, 0.5) is 0 Å². The highest BCUT2D eigenvalue weighted by atomic mass is 31.2. The maximum Gasteiger partial charge on any atom is 0.202 e. The van der Waals surface area contributed by atoms with Crippen molar-refractivity contribution in [2.24, 2.45) is 0 Å². The molecule has 0 aliphatic rings. The van der Waals surface area contributed by atoms with E-state index in [1.807, 2.05) is 30.3 Å². The molecule has 1 rings (SSSR count). The van der Waals surface area contributed by atoms with E-state index in [0.717, 1.165) is 11.7 Å². The summed E-state index contributed by atoms with van der Waals surface area (Å²) in [6.07, 6.45) is 4.71. The van der Waals surface area contributed by atoms with E-state index in [-0.39, 0.29) is 0 Å². The largest absolute Gasteiger partial charge is 0.346 e. The predicted octanol–water partition coefficient (Wildman–Crippen LogP) is 3.21. The van der Waals surface area contributed by atoms with Gasteiger partial charge in [0.2, 0.25) is 8.38 Å². The molecule has 0 fully saturated rings. The lowest BCUT2D eigenvalue weighted by atomic mass is 10.2. The van der Waals surface area contributed by atoms with Gasteiger partial charge in [-0.1, -0.05) is 44.4 Å². The van der Waals surface area contributed by atoms with E-state index in [1.54, 1.807) is 0 Å². The molecule has 0 aromatic heterocycles. The summed E-state index contributed by atoms with van der Waals surface area (Å²) in [6, 6.07) is 9.58. The molecule has 15 heavy (non-hydrogen) atoms. The Morgan fingerprint density at radius 2 is 1.87 bits per heavy atom. The van der Waals surface area contributed by atoms with Crippen LogP contribution in [-0.2, 0) is 4.52 Å². The topological polar surface area (TPSA) is 29.5 Å². The van der Waals surface area contributed by atoms with Crippen LogP contribution in [0.1, 0.15) is 32.6 Å². The standard InChI is InChI=1S/C12H19O2P/c1-2-3-4-8-11-14-15(13)12-9-6-5-7-10-12/h5-7,9-10,13H,2-4,8,11H2,1H3. The second-order valence-electron chi connectivity index (χ2n) is 3.50. The van der Waals surface area contributed by atoms with E-state index in [4.69, 9.17) is 4.52 Å². The fraction of sp³-hybridized carbons (Fsp3) is 0.500. The molecule has 0 bridgehead atoms. The van der Waals surface area contributed by atoms with Gasteiger partial charge in [0.15, 0.2) is 0 Å². The molecule has 0 radical (unpaired) electrons. The number of rotatable bonds is 7. The summed E-state index contributed by atoms with van der Waals surface area (Å²) in [4.78, 5) is 9.72. The Morgan fingerprint density at radius 3 is 2.53 bits per heavy atom. The van der Waals surface area contributed by atoms with Crippen LogP contribution in [0.3, 0.4) is 0 Å². The third-order valence-corrected chi connectivity index (χ3v) is 3.36. The minimum Gasteiger partial charge on any atom is -0.346 e. The fourth-order valence-electron chi connectivity index (χ4n) is 1.31. The van der Waals surface area contributed by atoms with Gasteiger partial charge in [0.1, 0.15) is 0 Å². The average Bonchev–Trinajstić information content (AvgIpc) is 2.30. The third-order valence-electron chi connectivity index (χ3n) is 2.19. The van der Waals surface area contributed by atoms with Gasteiger partial charge in [0, 0.05) is 5.30 Å². The van der Waals surface area contributed by atoms with Crippen LogP contribution in [0.25, 0.3) is 0 Å². The van der Waals surface area contributed by atoms with Crippen LogP contribution in [0.5, 0.6) is 0 Å². The molecule has 84 valence electrons. The molecule has 0 aliphatic heterocycles. The molecule has 0 amide bonds. The highest BCUT2D eigenvalue weighted by Gasteiger charge is 2.06. The van der Waals surface area contributed by atoms with Crippen molar-refractivity contribution in [3.8, 4) is 0 Å². The summed E-state index contributed by atoms with van der Waals surface area (Å²) < 4.78 is 5.39. The van der Waals surface area contributed by atoms with Gasteiger partial charge in [-0.05, 0) is 18.6 Å². The molecule has 0 aliphatic carbocycles. The van der Waals surface area contributed by atoms with Crippen molar-refractivity contribution in [3.05, 3.63) is 30.3 Å². The SMILES string of the molecule is CCCCCCOP(O)c1ccccc1. The molecule has 1 unspecified atom stereocenters. The van der Waals surface area contributed by atoms with Gasteiger partial charge in [-0.2, -0.15) is 0 Å². The van der Waals surface area contributed by atoms with Gasteiger partial charge < -0.3 is 9.42 Å². The number of benzene rings is 1. The second-order valence-corrected chi connectivity index (χ2v) is 4.82. The van der Waals surface area contributed by atoms with Gasteiger partial charge in [0.25, 0.3) is 0 Å². The van der Waals surface area contributed by atoms with Gasteiger partial charge in [0.05, 0.1) is 6.61 Å². The highest BCUT2D eigenvalue weighted by Crippen LogP contribution is 2.30. The lowest BCUT2D eigenvalue weighted by molar-refractivity contribution is 0.305. The molecule has 0 spiro atoms. The Bertz CT molecular complexity index is 251. The van der Waals surface area contributed by atoms with Crippen molar-refractivity contribution >= 4 is 13.7 Å². The molecule has 1 aromatic carbocycles. The van der Waals surface area contributed by atoms with Crippen LogP contribution < -0.4 is 5.30 Å². The summed E-state index contributed by atoms with van der Waals surface area (Å²) in [5.41, 5.74) is 0. The third kappa shape index (κ3) is 5.27. The zero-order chi connectivity index (χ0) is 10.9. The molecular weight excluding hydrogens is 207 g/mol. The van der Waals surface area contributed by atoms with Gasteiger partial charge in [-0.3, -0.25) is 0 Å². The molecule has 1 N–H and O–H groups in total. The molecule has 1 aromatic rings. The molecule has 3 heteroatoms. The maximum absolute atomic E-state index is 9.72. The minimum atomic E-state index is -1.40. The summed E-state index contributed by atoms with van der Waals surface area (Å²) in [6.45, 7) is 2.85. The summed E-state index contributed by atoms with van der Waals surface area (Å²) in [5.74, 6) is 0. The zero-order valence-corrected chi connectivity index (χ0v) is 10.1. The van der Waals surface area contributed by atoms with Gasteiger partial charge in [-0.15, -0.1) is 0 Å². The molecule has 2 nitrogen and oxygen atoms in total. The predicted molar refractivity (Wildman–Crippen MR) is 65.3 cm³/mol. The van der Waals surface area contributed by atoms with E-state index >= 15 is 0 Å². The molecule has 0 heterocycles. The molecule has 0 saturated heterocycles. The quantitative estimate of drug-likeness (QED) is 0.571. The Labute approximate surface area is 93.2 Å². The summed E-state index contributed by atoms with van der Waals surface area (Å²) >= 11 is 0. The Kier molecular flexibility index (Phi) is 6.58. The number of unbranched alkanes of at least 4 members (excludes halogenated alkanes) is 3. The fourth-order valence-corrected chi connectivity index (χ4v) is 2.19. The Hall–Kier alpha value is -0.430. The first-order valence-electron chi connectivity index (χ1n) is 5.51.